The fourth-order valence-electron chi connectivity index (χ4n) is 2.38. The lowest BCUT2D eigenvalue weighted by molar-refractivity contribution is -0.137. The lowest BCUT2D eigenvalue weighted by atomic mass is 10.1. The van der Waals surface area contributed by atoms with Crippen LogP contribution in [0.5, 0.6) is 0 Å². The third-order valence-corrected chi connectivity index (χ3v) is 3.40. The molecule has 1 aromatic heterocycles. The Morgan fingerprint density at radius 3 is 2.75 bits per heavy atom. The minimum Gasteiger partial charge on any atom is -0.481 e. The van der Waals surface area contributed by atoms with Gasteiger partial charge in [0.25, 0.3) is 0 Å². The van der Waals surface area contributed by atoms with Gasteiger partial charge in [0.2, 0.25) is 0 Å². The van der Waals surface area contributed by atoms with Crippen molar-refractivity contribution in [1.82, 2.24) is 4.57 Å². The molecule has 3 nitrogen and oxygen atoms in total. The van der Waals surface area contributed by atoms with Gasteiger partial charge in [-0.2, -0.15) is 0 Å². The van der Waals surface area contributed by atoms with Gasteiger partial charge in [-0.05, 0) is 38.3 Å². The van der Waals surface area contributed by atoms with Gasteiger partial charge in [0.1, 0.15) is 0 Å². The van der Waals surface area contributed by atoms with Crippen molar-refractivity contribution in [3.05, 3.63) is 47.7 Å². The standard InChI is InChI=1S/C17H21NO2/c1-13(2)10-11-18-12-14(6-5-9-17(19)20)15-7-3-4-8-16(15)18/h3-4,7-8,10,12H,5-6,9,11H2,1-2H3,(H,19,20). The minimum atomic E-state index is -0.724. The molecule has 2 aromatic rings. The second kappa shape index (κ2) is 6.42. The van der Waals surface area contributed by atoms with Gasteiger partial charge in [-0.15, -0.1) is 0 Å². The molecule has 0 aliphatic carbocycles. The molecule has 0 atom stereocenters. The van der Waals surface area contributed by atoms with Crippen molar-refractivity contribution >= 4 is 16.9 Å². The lowest BCUT2D eigenvalue weighted by Gasteiger charge is -2.01. The Balaban J connectivity index is 2.25. The number of carboxylic acids is 1. The average Bonchev–Trinajstić information content (AvgIpc) is 2.75. The minimum absolute atomic E-state index is 0.230. The van der Waals surface area contributed by atoms with Crippen LogP contribution < -0.4 is 0 Å². The summed E-state index contributed by atoms with van der Waals surface area (Å²) in [5, 5.41) is 9.98. The number of para-hydroxylation sites is 1. The van der Waals surface area contributed by atoms with Crippen molar-refractivity contribution in [3.63, 3.8) is 0 Å². The Morgan fingerprint density at radius 2 is 2.05 bits per heavy atom. The molecule has 0 aliphatic rings. The van der Waals surface area contributed by atoms with Crippen LogP contribution in [-0.2, 0) is 17.8 Å². The van der Waals surface area contributed by atoms with Crippen molar-refractivity contribution in [1.29, 1.82) is 0 Å². The smallest absolute Gasteiger partial charge is 0.303 e. The van der Waals surface area contributed by atoms with Crippen molar-refractivity contribution in [2.45, 2.75) is 39.7 Å². The largest absolute Gasteiger partial charge is 0.481 e. The Hall–Kier alpha value is -2.03. The second-order valence-electron chi connectivity index (χ2n) is 5.35. The highest BCUT2D eigenvalue weighted by atomic mass is 16.4. The van der Waals surface area contributed by atoms with E-state index in [1.165, 1.54) is 22.0 Å². The zero-order chi connectivity index (χ0) is 14.5. The summed E-state index contributed by atoms with van der Waals surface area (Å²) in [5.74, 6) is -0.724. The molecule has 1 aromatic carbocycles. The van der Waals surface area contributed by atoms with Gasteiger partial charge in [-0.1, -0.05) is 29.8 Å². The van der Waals surface area contributed by atoms with Crippen LogP contribution in [0.15, 0.2) is 42.1 Å². The Labute approximate surface area is 119 Å². The molecule has 20 heavy (non-hydrogen) atoms. The third kappa shape index (κ3) is 3.50. The topological polar surface area (TPSA) is 42.2 Å². The summed E-state index contributed by atoms with van der Waals surface area (Å²) in [7, 11) is 0. The number of benzene rings is 1. The van der Waals surface area contributed by atoms with Gasteiger partial charge in [0, 0.05) is 30.1 Å². The van der Waals surface area contributed by atoms with E-state index in [4.69, 9.17) is 5.11 Å². The maximum Gasteiger partial charge on any atom is 0.303 e. The first-order valence-corrected chi connectivity index (χ1v) is 7.00. The van der Waals surface area contributed by atoms with E-state index in [1.807, 2.05) is 12.1 Å². The first kappa shape index (κ1) is 14.4. The molecule has 3 heteroatoms. The predicted octanol–water partition coefficient (Wildman–Crippen LogP) is 4.01. The van der Waals surface area contributed by atoms with Gasteiger partial charge in [0.05, 0.1) is 0 Å². The van der Waals surface area contributed by atoms with Gasteiger partial charge in [0.15, 0.2) is 0 Å². The Bertz CT molecular complexity index is 633. The van der Waals surface area contributed by atoms with E-state index < -0.39 is 5.97 Å². The highest BCUT2D eigenvalue weighted by Gasteiger charge is 2.08. The zero-order valence-electron chi connectivity index (χ0n) is 12.1. The van der Waals surface area contributed by atoms with Crippen LogP contribution in [0.25, 0.3) is 10.9 Å². The summed E-state index contributed by atoms with van der Waals surface area (Å²) >= 11 is 0. The Morgan fingerprint density at radius 1 is 1.30 bits per heavy atom. The molecule has 1 heterocycles. The molecule has 106 valence electrons. The zero-order valence-corrected chi connectivity index (χ0v) is 12.1. The summed E-state index contributed by atoms with van der Waals surface area (Å²) in [4.78, 5) is 10.6. The maximum absolute atomic E-state index is 10.6. The average molecular weight is 271 g/mol. The third-order valence-electron chi connectivity index (χ3n) is 3.40. The molecular weight excluding hydrogens is 250 g/mol. The van der Waals surface area contributed by atoms with E-state index in [0.717, 1.165) is 13.0 Å². The van der Waals surface area contributed by atoms with Gasteiger partial charge in [-0.25, -0.2) is 0 Å². The summed E-state index contributed by atoms with van der Waals surface area (Å²) in [6.45, 7) is 5.06. The molecule has 0 unspecified atom stereocenters. The van der Waals surface area contributed by atoms with Crippen LogP contribution in [0.1, 0.15) is 32.3 Å². The molecule has 0 saturated carbocycles. The molecule has 2 rings (SSSR count). The molecular formula is C17H21NO2. The monoisotopic (exact) mass is 271 g/mol. The number of carbonyl (C=O) groups is 1. The van der Waals surface area contributed by atoms with Crippen molar-refractivity contribution in [2.24, 2.45) is 0 Å². The van der Waals surface area contributed by atoms with E-state index in [1.54, 1.807) is 0 Å². The van der Waals surface area contributed by atoms with E-state index >= 15 is 0 Å². The van der Waals surface area contributed by atoms with Gasteiger partial charge in [-0.3, -0.25) is 4.79 Å². The molecule has 0 radical (unpaired) electrons. The number of aliphatic carboxylic acids is 1. The summed E-state index contributed by atoms with van der Waals surface area (Å²) in [6, 6.07) is 8.32. The van der Waals surface area contributed by atoms with E-state index in [-0.39, 0.29) is 6.42 Å². The van der Waals surface area contributed by atoms with Gasteiger partial charge < -0.3 is 9.67 Å². The molecule has 0 aliphatic heterocycles. The number of aromatic nitrogens is 1. The van der Waals surface area contributed by atoms with Crippen LogP contribution in [0.4, 0.5) is 0 Å². The highest BCUT2D eigenvalue weighted by Crippen LogP contribution is 2.23. The van der Waals surface area contributed by atoms with E-state index in [2.05, 4.69) is 42.8 Å². The molecule has 1 N–H and O–H groups in total. The molecule has 0 amide bonds. The summed E-state index contributed by atoms with van der Waals surface area (Å²) in [6.07, 6.45) is 6.09. The fourth-order valence-corrected chi connectivity index (χ4v) is 2.38. The van der Waals surface area contributed by atoms with Crippen LogP contribution in [0.3, 0.4) is 0 Å². The fraction of sp³-hybridized carbons (Fsp3) is 0.353. The van der Waals surface area contributed by atoms with E-state index in [0.29, 0.717) is 6.42 Å². The number of fused-ring (bicyclic) bond motifs is 1. The maximum atomic E-state index is 10.6. The second-order valence-corrected chi connectivity index (χ2v) is 5.35. The summed E-state index contributed by atoms with van der Waals surface area (Å²) in [5.41, 5.74) is 3.76. The van der Waals surface area contributed by atoms with E-state index in [9.17, 15) is 4.79 Å². The molecule has 0 saturated heterocycles. The number of hydrogen-bond donors (Lipinski definition) is 1. The van der Waals surface area contributed by atoms with Crippen LogP contribution in [-0.4, -0.2) is 15.6 Å². The number of carboxylic acid groups (broad SMARTS) is 1. The molecule has 0 bridgehead atoms. The normalized spacial score (nSPS) is 10.7. The number of nitrogens with zero attached hydrogens (tertiary/aromatic N) is 1. The van der Waals surface area contributed by atoms with Crippen LogP contribution in [0, 0.1) is 0 Å². The number of aryl methyl sites for hydroxylation is 1. The molecule has 0 fully saturated rings. The number of hydrogen-bond acceptors (Lipinski definition) is 1. The summed E-state index contributed by atoms with van der Waals surface area (Å²) < 4.78 is 2.23. The molecule has 0 spiro atoms. The SMILES string of the molecule is CC(C)=CCn1cc(CCCC(=O)O)c2ccccc21. The van der Waals surface area contributed by atoms with Crippen molar-refractivity contribution in [3.8, 4) is 0 Å². The lowest BCUT2D eigenvalue weighted by Crippen LogP contribution is -1.96. The Kier molecular flexibility index (Phi) is 4.61. The number of rotatable bonds is 6. The highest BCUT2D eigenvalue weighted by molar-refractivity contribution is 5.84. The first-order valence-electron chi connectivity index (χ1n) is 7.00. The van der Waals surface area contributed by atoms with Crippen LogP contribution in [0.2, 0.25) is 0 Å². The van der Waals surface area contributed by atoms with Crippen LogP contribution >= 0.6 is 0 Å². The predicted molar refractivity (Wildman–Crippen MR) is 81.9 cm³/mol. The van der Waals surface area contributed by atoms with Gasteiger partial charge >= 0.3 is 5.97 Å². The first-order chi connectivity index (χ1) is 9.58. The quantitative estimate of drug-likeness (QED) is 0.806. The number of allylic oxidation sites excluding steroid dienone is 2. The van der Waals surface area contributed by atoms with Crippen molar-refractivity contribution < 1.29 is 9.90 Å². The van der Waals surface area contributed by atoms with Crippen molar-refractivity contribution in [2.75, 3.05) is 0 Å².